The van der Waals surface area contributed by atoms with E-state index in [0.717, 1.165) is 12.0 Å². The molecule has 0 atom stereocenters. The van der Waals surface area contributed by atoms with Gasteiger partial charge in [0.2, 0.25) is 11.1 Å². The maximum Gasteiger partial charge on any atom is 0.230 e. The average Bonchev–Trinajstić information content (AvgIpc) is 3.02. The first-order valence-corrected chi connectivity index (χ1v) is 8.77. The van der Waals surface area contributed by atoms with E-state index in [2.05, 4.69) is 20.5 Å². The van der Waals surface area contributed by atoms with Crippen molar-refractivity contribution in [2.75, 3.05) is 18.1 Å². The Hall–Kier alpha value is -2.87. The van der Waals surface area contributed by atoms with Gasteiger partial charge in [0.05, 0.1) is 5.75 Å². The maximum absolute atomic E-state index is 12.0. The van der Waals surface area contributed by atoms with Crippen LogP contribution in [0, 0.1) is 0 Å². The van der Waals surface area contributed by atoms with Crippen molar-refractivity contribution in [2.45, 2.75) is 11.6 Å². The summed E-state index contributed by atoms with van der Waals surface area (Å²) in [5, 5.41) is 11.5. The van der Waals surface area contributed by atoms with Gasteiger partial charge < -0.3 is 11.2 Å². The molecule has 25 heavy (non-hydrogen) atoms. The summed E-state index contributed by atoms with van der Waals surface area (Å²) in [5.41, 5.74) is 2.02. The molecule has 1 amide bonds. The van der Waals surface area contributed by atoms with Gasteiger partial charge in [-0.25, -0.2) is 4.68 Å². The van der Waals surface area contributed by atoms with Crippen LogP contribution in [-0.4, -0.2) is 38.1 Å². The van der Waals surface area contributed by atoms with E-state index in [1.165, 1.54) is 22.0 Å². The SMILES string of the molecule is Nn1c(SCC(=O)NCCc2ccccc2)nnc1-c1ccncc1. The van der Waals surface area contributed by atoms with Gasteiger partial charge in [-0.05, 0) is 24.1 Å². The van der Waals surface area contributed by atoms with Crippen LogP contribution >= 0.6 is 11.8 Å². The first kappa shape index (κ1) is 17.0. The minimum absolute atomic E-state index is 0.0607. The lowest BCUT2D eigenvalue weighted by Gasteiger charge is -2.05. The molecule has 0 unspecified atom stereocenters. The Morgan fingerprint density at radius 3 is 2.64 bits per heavy atom. The number of nitrogens with two attached hydrogens (primary N) is 1. The van der Waals surface area contributed by atoms with Crippen LogP contribution in [0.2, 0.25) is 0 Å². The van der Waals surface area contributed by atoms with Crippen LogP contribution in [-0.2, 0) is 11.2 Å². The van der Waals surface area contributed by atoms with E-state index in [4.69, 9.17) is 5.84 Å². The number of nitrogens with one attached hydrogen (secondary N) is 1. The molecule has 0 aliphatic carbocycles. The van der Waals surface area contributed by atoms with Crippen LogP contribution in [0.15, 0.2) is 60.0 Å². The zero-order valence-corrected chi connectivity index (χ0v) is 14.3. The fourth-order valence-corrected chi connectivity index (χ4v) is 2.93. The Bertz CT molecular complexity index is 822. The quantitative estimate of drug-likeness (QED) is 0.493. The molecule has 0 aliphatic heterocycles. The Kier molecular flexibility index (Phi) is 5.63. The highest BCUT2D eigenvalue weighted by atomic mass is 32.2. The monoisotopic (exact) mass is 354 g/mol. The second-order valence-electron chi connectivity index (χ2n) is 5.29. The van der Waals surface area contributed by atoms with Crippen LogP contribution < -0.4 is 11.2 Å². The minimum Gasteiger partial charge on any atom is -0.355 e. The molecule has 0 fully saturated rings. The minimum atomic E-state index is -0.0607. The number of amides is 1. The predicted octanol–water partition coefficient (Wildman–Crippen LogP) is 1.50. The topological polar surface area (TPSA) is 98.7 Å². The highest BCUT2D eigenvalue weighted by Crippen LogP contribution is 2.20. The number of benzene rings is 1. The van der Waals surface area contributed by atoms with Gasteiger partial charge in [-0.15, -0.1) is 10.2 Å². The molecule has 0 saturated heterocycles. The Morgan fingerprint density at radius 2 is 1.88 bits per heavy atom. The number of rotatable bonds is 7. The number of aromatic nitrogens is 4. The van der Waals surface area contributed by atoms with Gasteiger partial charge >= 0.3 is 0 Å². The zero-order chi connectivity index (χ0) is 17.5. The number of pyridine rings is 1. The van der Waals surface area contributed by atoms with Gasteiger partial charge in [-0.2, -0.15) is 0 Å². The van der Waals surface area contributed by atoms with E-state index >= 15 is 0 Å². The number of hydrogen-bond acceptors (Lipinski definition) is 6. The molecule has 3 N–H and O–H groups in total. The highest BCUT2D eigenvalue weighted by molar-refractivity contribution is 7.99. The van der Waals surface area contributed by atoms with Crippen LogP contribution in [0.4, 0.5) is 0 Å². The molecule has 3 aromatic rings. The van der Waals surface area contributed by atoms with E-state index in [1.807, 2.05) is 30.3 Å². The molecular formula is C17H18N6OS. The van der Waals surface area contributed by atoms with Crippen LogP contribution in [0.3, 0.4) is 0 Å². The van der Waals surface area contributed by atoms with E-state index < -0.39 is 0 Å². The summed E-state index contributed by atoms with van der Waals surface area (Å²) < 4.78 is 1.39. The smallest absolute Gasteiger partial charge is 0.230 e. The molecule has 3 rings (SSSR count). The molecular weight excluding hydrogens is 336 g/mol. The number of thioether (sulfide) groups is 1. The average molecular weight is 354 g/mol. The molecule has 8 heteroatoms. The van der Waals surface area contributed by atoms with Gasteiger partial charge in [-0.1, -0.05) is 42.1 Å². The predicted molar refractivity (Wildman–Crippen MR) is 97.3 cm³/mol. The number of nitrogen functional groups attached to an aromatic ring is 1. The highest BCUT2D eigenvalue weighted by Gasteiger charge is 2.13. The van der Waals surface area contributed by atoms with E-state index in [0.29, 0.717) is 17.5 Å². The van der Waals surface area contributed by atoms with E-state index in [9.17, 15) is 4.79 Å². The van der Waals surface area contributed by atoms with Crippen molar-refractivity contribution in [3.8, 4) is 11.4 Å². The standard InChI is InChI=1S/C17H18N6OS/c18-23-16(14-7-9-19-10-8-14)21-22-17(23)25-12-15(24)20-11-6-13-4-2-1-3-5-13/h1-5,7-10H,6,11-12,18H2,(H,20,24). The van der Waals surface area contributed by atoms with Gasteiger partial charge in [-0.3, -0.25) is 9.78 Å². The van der Waals surface area contributed by atoms with Crippen LogP contribution in [0.5, 0.6) is 0 Å². The third-order valence-electron chi connectivity index (χ3n) is 3.51. The molecule has 128 valence electrons. The van der Waals surface area contributed by atoms with Crippen LogP contribution in [0.25, 0.3) is 11.4 Å². The summed E-state index contributed by atoms with van der Waals surface area (Å²) in [6.45, 7) is 0.598. The first-order chi connectivity index (χ1) is 12.2. The summed E-state index contributed by atoms with van der Waals surface area (Å²) in [5.74, 6) is 6.73. The van der Waals surface area contributed by atoms with Gasteiger partial charge in [0, 0.05) is 24.5 Å². The van der Waals surface area contributed by atoms with Crippen molar-refractivity contribution >= 4 is 17.7 Å². The zero-order valence-electron chi connectivity index (χ0n) is 13.5. The van der Waals surface area contributed by atoms with Crippen molar-refractivity contribution in [3.05, 3.63) is 60.4 Å². The normalized spacial score (nSPS) is 10.6. The number of hydrogen-bond donors (Lipinski definition) is 2. The van der Waals surface area contributed by atoms with Crippen LogP contribution in [0.1, 0.15) is 5.56 Å². The fraction of sp³-hybridized carbons (Fsp3) is 0.176. The van der Waals surface area contributed by atoms with Gasteiger partial charge in [0.25, 0.3) is 0 Å². The van der Waals surface area contributed by atoms with Crippen molar-refractivity contribution in [1.82, 2.24) is 25.2 Å². The lowest BCUT2D eigenvalue weighted by molar-refractivity contribution is -0.118. The molecule has 0 bridgehead atoms. The Balaban J connectivity index is 1.48. The van der Waals surface area contributed by atoms with Crippen molar-refractivity contribution in [2.24, 2.45) is 0 Å². The third kappa shape index (κ3) is 4.57. The summed E-state index contributed by atoms with van der Waals surface area (Å²) >= 11 is 1.25. The maximum atomic E-state index is 12.0. The molecule has 2 aromatic heterocycles. The largest absolute Gasteiger partial charge is 0.355 e. The second kappa shape index (κ2) is 8.29. The number of carbonyl (C=O) groups excluding carboxylic acids is 1. The number of carbonyl (C=O) groups is 1. The third-order valence-corrected chi connectivity index (χ3v) is 4.46. The molecule has 2 heterocycles. The van der Waals surface area contributed by atoms with Crippen molar-refractivity contribution < 1.29 is 4.79 Å². The summed E-state index contributed by atoms with van der Waals surface area (Å²) in [7, 11) is 0. The number of nitrogens with zero attached hydrogens (tertiary/aromatic N) is 4. The summed E-state index contributed by atoms with van der Waals surface area (Å²) in [6.07, 6.45) is 4.13. The molecule has 0 aliphatic rings. The van der Waals surface area contributed by atoms with Crippen molar-refractivity contribution in [1.29, 1.82) is 0 Å². The van der Waals surface area contributed by atoms with E-state index in [1.54, 1.807) is 24.5 Å². The van der Waals surface area contributed by atoms with Crippen molar-refractivity contribution in [3.63, 3.8) is 0 Å². The molecule has 0 saturated carbocycles. The van der Waals surface area contributed by atoms with Gasteiger partial charge in [0.1, 0.15) is 0 Å². The second-order valence-corrected chi connectivity index (χ2v) is 6.23. The molecule has 1 aromatic carbocycles. The lowest BCUT2D eigenvalue weighted by atomic mass is 10.1. The van der Waals surface area contributed by atoms with Gasteiger partial charge in [0.15, 0.2) is 5.82 Å². The molecule has 0 radical (unpaired) electrons. The Labute approximate surface area is 149 Å². The lowest BCUT2D eigenvalue weighted by Crippen LogP contribution is -2.27. The molecule has 0 spiro atoms. The molecule has 7 nitrogen and oxygen atoms in total. The fourth-order valence-electron chi connectivity index (χ4n) is 2.25. The summed E-state index contributed by atoms with van der Waals surface area (Å²) in [6, 6.07) is 13.6. The van der Waals surface area contributed by atoms with E-state index in [-0.39, 0.29) is 11.7 Å². The Morgan fingerprint density at radius 1 is 1.12 bits per heavy atom. The summed E-state index contributed by atoms with van der Waals surface area (Å²) in [4.78, 5) is 15.9. The first-order valence-electron chi connectivity index (χ1n) is 7.78.